The molecule has 1 N–H and O–H groups in total. The summed E-state index contributed by atoms with van der Waals surface area (Å²) >= 11 is 5.82. The summed E-state index contributed by atoms with van der Waals surface area (Å²) in [5.41, 5.74) is 0. The van der Waals surface area contributed by atoms with Crippen LogP contribution in [0.25, 0.3) is 0 Å². The summed E-state index contributed by atoms with van der Waals surface area (Å²) < 4.78 is 27.1. The molecule has 1 amide bonds. The van der Waals surface area contributed by atoms with Gasteiger partial charge in [-0.3, -0.25) is 4.79 Å². The van der Waals surface area contributed by atoms with Crippen molar-refractivity contribution in [2.45, 2.75) is 50.1 Å². The van der Waals surface area contributed by atoms with E-state index in [2.05, 4.69) is 4.72 Å². The van der Waals surface area contributed by atoms with Crippen LogP contribution in [0.15, 0.2) is 29.2 Å². The van der Waals surface area contributed by atoms with E-state index < -0.39 is 16.1 Å². The third-order valence-corrected chi connectivity index (χ3v) is 5.67. The fourth-order valence-corrected chi connectivity index (χ4v) is 4.16. The van der Waals surface area contributed by atoms with Gasteiger partial charge in [0.1, 0.15) is 0 Å². The highest BCUT2D eigenvalue weighted by Gasteiger charge is 2.29. The minimum atomic E-state index is -3.77. The molecule has 0 radical (unpaired) electrons. The number of likely N-dealkylation sites (tertiary alicyclic amines) is 1. The highest BCUT2D eigenvalue weighted by molar-refractivity contribution is 7.89. The largest absolute Gasteiger partial charge is 0.339 e. The van der Waals surface area contributed by atoms with Crippen LogP contribution in [0.1, 0.15) is 33.1 Å². The maximum atomic E-state index is 12.5. The second kappa shape index (κ2) is 6.98. The van der Waals surface area contributed by atoms with Crippen molar-refractivity contribution in [1.82, 2.24) is 9.62 Å². The van der Waals surface area contributed by atoms with Crippen LogP contribution in [0, 0.1) is 0 Å². The number of amides is 1. The predicted octanol–water partition coefficient (Wildman–Crippen LogP) is 2.41. The molecule has 1 aliphatic heterocycles. The molecular formula is C15H21ClN2O3S. The van der Waals surface area contributed by atoms with E-state index in [-0.39, 0.29) is 16.8 Å². The van der Waals surface area contributed by atoms with Crippen molar-refractivity contribution >= 4 is 27.5 Å². The van der Waals surface area contributed by atoms with Crippen LogP contribution in [0.5, 0.6) is 0 Å². The molecule has 1 heterocycles. The van der Waals surface area contributed by atoms with E-state index in [1.54, 1.807) is 24.0 Å². The molecule has 1 saturated heterocycles. The fourth-order valence-electron chi connectivity index (χ4n) is 2.66. The summed E-state index contributed by atoms with van der Waals surface area (Å²) in [4.78, 5) is 14.3. The van der Waals surface area contributed by atoms with Gasteiger partial charge >= 0.3 is 0 Å². The summed E-state index contributed by atoms with van der Waals surface area (Å²) in [6, 6.07) is 5.34. The van der Waals surface area contributed by atoms with Crippen LogP contribution < -0.4 is 4.72 Å². The molecule has 0 bridgehead atoms. The van der Waals surface area contributed by atoms with Crippen LogP contribution >= 0.6 is 11.6 Å². The molecule has 1 aliphatic rings. The van der Waals surface area contributed by atoms with Gasteiger partial charge in [0.25, 0.3) is 0 Å². The predicted molar refractivity (Wildman–Crippen MR) is 86.3 cm³/mol. The number of hydrogen-bond donors (Lipinski definition) is 1. The summed E-state index contributed by atoms with van der Waals surface area (Å²) in [5, 5.41) is 0.339. The van der Waals surface area contributed by atoms with Crippen molar-refractivity contribution in [1.29, 1.82) is 0 Å². The van der Waals surface area contributed by atoms with E-state index in [9.17, 15) is 13.2 Å². The number of nitrogens with one attached hydrogen (secondary N) is 1. The van der Waals surface area contributed by atoms with Crippen molar-refractivity contribution in [2.24, 2.45) is 0 Å². The lowest BCUT2D eigenvalue weighted by molar-refractivity contribution is -0.135. The van der Waals surface area contributed by atoms with Crippen LogP contribution in [0.2, 0.25) is 5.02 Å². The third kappa shape index (κ3) is 4.00. The standard InChI is InChI=1S/C15H21ClN2O3S/c1-11-6-3-4-9-18(11)15(19)12(2)17-22(20,21)14-8-5-7-13(16)10-14/h5,7-8,10-12,17H,3-4,6,9H2,1-2H3. The van der Waals surface area contributed by atoms with Crippen molar-refractivity contribution in [2.75, 3.05) is 6.54 Å². The zero-order valence-corrected chi connectivity index (χ0v) is 14.3. The first-order chi connectivity index (χ1) is 10.3. The highest BCUT2D eigenvalue weighted by atomic mass is 35.5. The first-order valence-electron chi connectivity index (χ1n) is 7.39. The number of carbonyl (C=O) groups excluding carboxylic acids is 1. The Hall–Kier alpha value is -1.11. The Morgan fingerprint density at radius 1 is 1.41 bits per heavy atom. The van der Waals surface area contributed by atoms with Gasteiger partial charge in [-0.25, -0.2) is 8.42 Å². The van der Waals surface area contributed by atoms with Gasteiger partial charge in [-0.1, -0.05) is 17.7 Å². The zero-order valence-electron chi connectivity index (χ0n) is 12.8. The van der Waals surface area contributed by atoms with E-state index in [4.69, 9.17) is 11.6 Å². The van der Waals surface area contributed by atoms with Crippen LogP contribution in [-0.4, -0.2) is 37.9 Å². The average Bonchev–Trinajstić information content (AvgIpc) is 2.46. The maximum Gasteiger partial charge on any atom is 0.241 e. The normalized spacial score (nSPS) is 20.7. The molecule has 122 valence electrons. The monoisotopic (exact) mass is 344 g/mol. The first-order valence-corrected chi connectivity index (χ1v) is 9.26. The van der Waals surface area contributed by atoms with Gasteiger partial charge in [-0.05, 0) is 51.3 Å². The Morgan fingerprint density at radius 2 is 2.14 bits per heavy atom. The molecule has 22 heavy (non-hydrogen) atoms. The summed E-state index contributed by atoms with van der Waals surface area (Å²) in [5.74, 6) is -0.183. The molecule has 0 aliphatic carbocycles. The van der Waals surface area contributed by atoms with Gasteiger partial charge in [-0.2, -0.15) is 4.72 Å². The van der Waals surface area contributed by atoms with Crippen molar-refractivity contribution < 1.29 is 13.2 Å². The Balaban J connectivity index is 2.10. The molecule has 0 saturated carbocycles. The Morgan fingerprint density at radius 3 is 2.77 bits per heavy atom. The minimum Gasteiger partial charge on any atom is -0.339 e. The third-order valence-electron chi connectivity index (χ3n) is 3.89. The highest BCUT2D eigenvalue weighted by Crippen LogP contribution is 2.19. The SMILES string of the molecule is CC(NS(=O)(=O)c1cccc(Cl)c1)C(=O)N1CCCCC1C. The van der Waals surface area contributed by atoms with Gasteiger partial charge < -0.3 is 4.90 Å². The maximum absolute atomic E-state index is 12.5. The topological polar surface area (TPSA) is 66.5 Å². The molecule has 1 fully saturated rings. The van der Waals surface area contributed by atoms with Crippen molar-refractivity contribution in [3.8, 4) is 0 Å². The van der Waals surface area contributed by atoms with Crippen LogP contribution in [0.3, 0.4) is 0 Å². The lowest BCUT2D eigenvalue weighted by atomic mass is 10.0. The first kappa shape index (κ1) is 17.2. The molecule has 0 aromatic heterocycles. The Bertz CT molecular complexity index is 648. The van der Waals surface area contributed by atoms with E-state index in [0.29, 0.717) is 11.6 Å². The van der Waals surface area contributed by atoms with Crippen LogP contribution in [-0.2, 0) is 14.8 Å². The van der Waals surface area contributed by atoms with E-state index in [1.165, 1.54) is 12.1 Å². The zero-order chi connectivity index (χ0) is 16.3. The molecule has 2 atom stereocenters. The molecule has 2 rings (SSSR count). The van der Waals surface area contributed by atoms with E-state index in [1.807, 2.05) is 6.92 Å². The molecule has 5 nitrogen and oxygen atoms in total. The molecule has 0 spiro atoms. The number of hydrogen-bond acceptors (Lipinski definition) is 3. The second-order valence-electron chi connectivity index (χ2n) is 5.68. The number of nitrogens with zero attached hydrogens (tertiary/aromatic N) is 1. The molecule has 1 aromatic rings. The lowest BCUT2D eigenvalue weighted by Crippen LogP contribution is -2.51. The minimum absolute atomic E-state index is 0.0614. The number of sulfonamides is 1. The smallest absolute Gasteiger partial charge is 0.241 e. The van der Waals surface area contributed by atoms with E-state index >= 15 is 0 Å². The number of rotatable bonds is 4. The van der Waals surface area contributed by atoms with Crippen molar-refractivity contribution in [3.63, 3.8) is 0 Å². The Kier molecular flexibility index (Phi) is 5.47. The molecule has 7 heteroatoms. The van der Waals surface area contributed by atoms with Crippen LogP contribution in [0.4, 0.5) is 0 Å². The number of piperidine rings is 1. The number of benzene rings is 1. The van der Waals surface area contributed by atoms with Gasteiger partial charge in [0.2, 0.25) is 15.9 Å². The van der Waals surface area contributed by atoms with Gasteiger partial charge in [-0.15, -0.1) is 0 Å². The van der Waals surface area contributed by atoms with Crippen molar-refractivity contribution in [3.05, 3.63) is 29.3 Å². The molecule has 2 unspecified atom stereocenters. The lowest BCUT2D eigenvalue weighted by Gasteiger charge is -2.35. The van der Waals surface area contributed by atoms with Gasteiger partial charge in [0.15, 0.2) is 0 Å². The fraction of sp³-hybridized carbons (Fsp3) is 0.533. The quantitative estimate of drug-likeness (QED) is 0.912. The summed E-state index contributed by atoms with van der Waals surface area (Å²) in [7, 11) is -3.77. The molecule has 1 aromatic carbocycles. The second-order valence-corrected chi connectivity index (χ2v) is 7.83. The summed E-state index contributed by atoms with van der Waals surface area (Å²) in [6.45, 7) is 4.25. The van der Waals surface area contributed by atoms with Gasteiger partial charge in [0, 0.05) is 17.6 Å². The number of carbonyl (C=O) groups is 1. The summed E-state index contributed by atoms with van der Waals surface area (Å²) in [6.07, 6.45) is 3.02. The average molecular weight is 345 g/mol. The Labute approximate surface area is 136 Å². The molecular weight excluding hydrogens is 324 g/mol. The van der Waals surface area contributed by atoms with Gasteiger partial charge in [0.05, 0.1) is 10.9 Å². The number of halogens is 1. The van der Waals surface area contributed by atoms with E-state index in [0.717, 1.165) is 19.3 Å².